The van der Waals surface area contributed by atoms with Gasteiger partial charge in [0.15, 0.2) is 0 Å². The normalized spacial score (nSPS) is 14.7. The van der Waals surface area contributed by atoms with Gasteiger partial charge in [-0.2, -0.15) is 8.78 Å². The predicted octanol–water partition coefficient (Wildman–Crippen LogP) is 4.72. The van der Waals surface area contributed by atoms with Gasteiger partial charge in [-0.15, -0.1) is 0 Å². The SMILES string of the molecule is C=C(Br)COC(C)/C=C/C(F)(F)P(=O)(OCC)OCC. The lowest BCUT2D eigenvalue weighted by Crippen LogP contribution is -2.18. The van der Waals surface area contributed by atoms with Crippen LogP contribution < -0.4 is 0 Å². The second kappa shape index (κ2) is 9.05. The number of alkyl halides is 2. The standard InChI is InChI=1S/C12H20BrF2O4P/c1-5-18-20(16,19-6-2)12(14,15)8-7-11(4)17-9-10(3)13/h7-8,11H,3,5-6,9H2,1-2,4H3/b8-7+. The lowest BCUT2D eigenvalue weighted by molar-refractivity contribution is 0.0760. The molecule has 118 valence electrons. The van der Waals surface area contributed by atoms with Gasteiger partial charge in [-0.05, 0) is 26.8 Å². The Bertz CT molecular complexity index is 378. The Balaban J connectivity index is 4.83. The molecule has 1 unspecified atom stereocenters. The van der Waals surface area contributed by atoms with E-state index in [4.69, 9.17) is 4.74 Å². The first-order valence-electron chi connectivity index (χ1n) is 6.09. The molecule has 0 saturated heterocycles. The van der Waals surface area contributed by atoms with Gasteiger partial charge in [0.25, 0.3) is 0 Å². The third-order valence-electron chi connectivity index (χ3n) is 2.03. The van der Waals surface area contributed by atoms with Gasteiger partial charge in [0.05, 0.1) is 25.9 Å². The zero-order valence-corrected chi connectivity index (χ0v) is 14.3. The quantitative estimate of drug-likeness (QED) is 0.409. The zero-order chi connectivity index (χ0) is 15.8. The summed E-state index contributed by atoms with van der Waals surface area (Å²) in [5, 5.41) is 0. The molecule has 0 heterocycles. The summed E-state index contributed by atoms with van der Waals surface area (Å²) in [7, 11) is -4.52. The van der Waals surface area contributed by atoms with Crippen molar-refractivity contribution in [3.05, 3.63) is 23.2 Å². The van der Waals surface area contributed by atoms with Gasteiger partial charge in [-0.1, -0.05) is 28.6 Å². The Kier molecular flexibility index (Phi) is 9.02. The number of rotatable bonds is 10. The van der Waals surface area contributed by atoms with Gasteiger partial charge in [0, 0.05) is 4.48 Å². The minimum Gasteiger partial charge on any atom is -0.369 e. The fraction of sp³-hybridized carbons (Fsp3) is 0.667. The number of halogens is 3. The van der Waals surface area contributed by atoms with Crippen LogP contribution in [-0.4, -0.2) is 31.6 Å². The van der Waals surface area contributed by atoms with Crippen molar-refractivity contribution >= 4 is 23.5 Å². The smallest absolute Gasteiger partial charge is 0.369 e. The van der Waals surface area contributed by atoms with E-state index >= 15 is 0 Å². The van der Waals surface area contributed by atoms with Crippen molar-refractivity contribution in [1.82, 2.24) is 0 Å². The van der Waals surface area contributed by atoms with Gasteiger partial charge >= 0.3 is 13.3 Å². The first-order valence-corrected chi connectivity index (χ1v) is 8.43. The number of allylic oxidation sites excluding steroid dienone is 1. The van der Waals surface area contributed by atoms with Crippen molar-refractivity contribution in [3.8, 4) is 0 Å². The average molecular weight is 377 g/mol. The van der Waals surface area contributed by atoms with E-state index < -0.39 is 19.4 Å². The fourth-order valence-corrected chi connectivity index (χ4v) is 2.67. The van der Waals surface area contributed by atoms with Crippen molar-refractivity contribution in [1.29, 1.82) is 0 Å². The molecule has 0 aromatic carbocycles. The number of ether oxygens (including phenoxy) is 1. The summed E-state index contributed by atoms with van der Waals surface area (Å²) in [6.07, 6.45) is 1.02. The Labute approximate surface area is 126 Å². The van der Waals surface area contributed by atoms with E-state index in [1.54, 1.807) is 6.92 Å². The van der Waals surface area contributed by atoms with E-state index in [2.05, 4.69) is 31.6 Å². The predicted molar refractivity (Wildman–Crippen MR) is 78.4 cm³/mol. The molecule has 0 rings (SSSR count). The number of hydrogen-bond donors (Lipinski definition) is 0. The monoisotopic (exact) mass is 376 g/mol. The van der Waals surface area contributed by atoms with Gasteiger partial charge in [-0.3, -0.25) is 4.57 Å². The van der Waals surface area contributed by atoms with Gasteiger partial charge < -0.3 is 13.8 Å². The molecule has 0 aliphatic carbocycles. The Morgan fingerprint density at radius 1 is 1.40 bits per heavy atom. The average Bonchev–Trinajstić information content (AvgIpc) is 2.34. The van der Waals surface area contributed by atoms with Crippen LogP contribution in [0.4, 0.5) is 8.78 Å². The minimum absolute atomic E-state index is 0.129. The molecule has 0 aromatic rings. The Hall–Kier alpha value is -0.0700. The van der Waals surface area contributed by atoms with E-state index in [1.165, 1.54) is 13.8 Å². The van der Waals surface area contributed by atoms with Crippen LogP contribution in [0.25, 0.3) is 0 Å². The summed E-state index contributed by atoms with van der Waals surface area (Å²) in [5.74, 6) is 0. The molecular formula is C12H20BrF2O4P. The van der Waals surface area contributed by atoms with Gasteiger partial charge in [0.1, 0.15) is 0 Å². The van der Waals surface area contributed by atoms with E-state index in [0.717, 1.165) is 6.08 Å². The van der Waals surface area contributed by atoms with Crippen LogP contribution in [0.3, 0.4) is 0 Å². The lowest BCUT2D eigenvalue weighted by Gasteiger charge is -2.23. The molecule has 0 radical (unpaired) electrons. The van der Waals surface area contributed by atoms with Crippen molar-refractivity contribution in [3.63, 3.8) is 0 Å². The minimum atomic E-state index is -4.52. The Morgan fingerprint density at radius 2 is 1.90 bits per heavy atom. The van der Waals surface area contributed by atoms with Crippen molar-refractivity contribution in [2.45, 2.75) is 32.5 Å². The molecule has 0 aliphatic rings. The third-order valence-corrected chi connectivity index (χ3v) is 4.34. The first-order chi connectivity index (χ1) is 9.18. The van der Waals surface area contributed by atoms with Crippen molar-refractivity contribution in [2.24, 2.45) is 0 Å². The maximum Gasteiger partial charge on any atom is 0.403 e. The lowest BCUT2D eigenvalue weighted by atomic mass is 10.3. The second-order valence-corrected chi connectivity index (χ2v) is 7.04. The van der Waals surface area contributed by atoms with Crippen LogP contribution in [0.5, 0.6) is 0 Å². The van der Waals surface area contributed by atoms with E-state index in [0.29, 0.717) is 10.6 Å². The summed E-state index contributed by atoms with van der Waals surface area (Å²) in [4.78, 5) is 0. The second-order valence-electron chi connectivity index (χ2n) is 3.81. The highest BCUT2D eigenvalue weighted by molar-refractivity contribution is 9.11. The molecule has 0 spiro atoms. The number of hydrogen-bond acceptors (Lipinski definition) is 4. The summed E-state index contributed by atoms with van der Waals surface area (Å²) in [6.45, 7) is 8.01. The summed E-state index contributed by atoms with van der Waals surface area (Å²) >= 11 is 3.09. The van der Waals surface area contributed by atoms with Crippen molar-refractivity contribution < 1.29 is 27.1 Å². The molecule has 0 amide bonds. The highest BCUT2D eigenvalue weighted by Gasteiger charge is 2.51. The van der Waals surface area contributed by atoms with E-state index in [-0.39, 0.29) is 19.8 Å². The topological polar surface area (TPSA) is 44.8 Å². The molecule has 4 nitrogen and oxygen atoms in total. The largest absolute Gasteiger partial charge is 0.403 e. The maximum absolute atomic E-state index is 13.9. The molecule has 0 aromatic heterocycles. The van der Waals surface area contributed by atoms with E-state index in [9.17, 15) is 13.3 Å². The molecular weight excluding hydrogens is 357 g/mol. The molecule has 0 bridgehead atoms. The third kappa shape index (κ3) is 6.59. The highest BCUT2D eigenvalue weighted by Crippen LogP contribution is 2.62. The molecule has 0 aliphatic heterocycles. The molecule has 1 atom stereocenters. The summed E-state index contributed by atoms with van der Waals surface area (Å²) in [5.41, 5.74) is -3.71. The van der Waals surface area contributed by atoms with Crippen molar-refractivity contribution in [2.75, 3.05) is 19.8 Å². The zero-order valence-electron chi connectivity index (χ0n) is 11.8. The summed E-state index contributed by atoms with van der Waals surface area (Å²) in [6, 6.07) is 0. The molecule has 0 N–H and O–H groups in total. The highest BCUT2D eigenvalue weighted by atomic mass is 79.9. The fourth-order valence-electron chi connectivity index (χ4n) is 1.17. The molecule has 8 heteroatoms. The summed E-state index contributed by atoms with van der Waals surface area (Å²) < 4.78 is 54.9. The van der Waals surface area contributed by atoms with Gasteiger partial charge in [-0.25, -0.2) is 0 Å². The van der Waals surface area contributed by atoms with Crippen LogP contribution >= 0.6 is 23.5 Å². The molecule has 20 heavy (non-hydrogen) atoms. The van der Waals surface area contributed by atoms with Crippen LogP contribution in [0, 0.1) is 0 Å². The molecule has 0 fully saturated rings. The maximum atomic E-state index is 13.9. The van der Waals surface area contributed by atoms with Crippen LogP contribution in [0.2, 0.25) is 0 Å². The van der Waals surface area contributed by atoms with Crippen LogP contribution in [0.15, 0.2) is 23.2 Å². The van der Waals surface area contributed by atoms with E-state index in [1.807, 2.05) is 0 Å². The van der Waals surface area contributed by atoms with Crippen LogP contribution in [-0.2, 0) is 18.3 Å². The van der Waals surface area contributed by atoms with Crippen LogP contribution in [0.1, 0.15) is 20.8 Å². The first kappa shape index (κ1) is 19.9. The Morgan fingerprint density at radius 3 is 2.30 bits per heavy atom. The molecule has 0 saturated carbocycles. The van der Waals surface area contributed by atoms with Gasteiger partial charge in [0.2, 0.25) is 0 Å².